The lowest BCUT2D eigenvalue weighted by atomic mass is 10.2. The van der Waals surface area contributed by atoms with Gasteiger partial charge in [0.25, 0.3) is 0 Å². The van der Waals surface area contributed by atoms with Gasteiger partial charge in [-0.3, -0.25) is 0 Å². The first kappa shape index (κ1) is 13.4. The third kappa shape index (κ3) is 4.40. The molecular weight excluding hydrogens is 222 g/mol. The van der Waals surface area contributed by atoms with Gasteiger partial charge in [-0.05, 0) is 19.9 Å². The molecule has 0 saturated carbocycles. The van der Waals surface area contributed by atoms with E-state index in [4.69, 9.17) is 4.74 Å². The molecule has 1 N–H and O–H groups in total. The number of esters is 1. The van der Waals surface area contributed by atoms with Crippen LogP contribution in [0.25, 0.3) is 0 Å². The summed E-state index contributed by atoms with van der Waals surface area (Å²) in [6, 6.07) is 5.22. The summed E-state index contributed by atoms with van der Waals surface area (Å²) in [7, 11) is 1.23. The molecule has 0 fully saturated rings. The first-order valence-corrected chi connectivity index (χ1v) is 5.41. The van der Waals surface area contributed by atoms with Crippen LogP contribution in [0.2, 0.25) is 0 Å². The second-order valence-corrected chi connectivity index (χ2v) is 3.88. The Morgan fingerprint density at radius 1 is 1.47 bits per heavy atom. The number of carbonyl (C=O) groups excluding carboxylic acids is 1. The van der Waals surface area contributed by atoms with Gasteiger partial charge in [0.15, 0.2) is 6.10 Å². The smallest absolute Gasteiger partial charge is 0.335 e. The van der Waals surface area contributed by atoms with E-state index in [1.165, 1.54) is 7.11 Å². The molecule has 1 rings (SSSR count). The fourth-order valence-corrected chi connectivity index (χ4v) is 1.30. The van der Waals surface area contributed by atoms with E-state index < -0.39 is 12.1 Å². The number of nitrogens with zero attached hydrogens (tertiary/aromatic N) is 1. The third-order valence-electron chi connectivity index (χ3n) is 2.01. The van der Waals surface area contributed by atoms with Gasteiger partial charge < -0.3 is 14.6 Å². The van der Waals surface area contributed by atoms with Gasteiger partial charge in [-0.15, -0.1) is 0 Å². The molecule has 0 spiro atoms. The van der Waals surface area contributed by atoms with Crippen LogP contribution in [0.5, 0.6) is 5.88 Å². The van der Waals surface area contributed by atoms with Crippen molar-refractivity contribution in [3.8, 4) is 5.88 Å². The number of aromatic nitrogens is 1. The molecule has 5 nitrogen and oxygen atoms in total. The van der Waals surface area contributed by atoms with Gasteiger partial charge in [0.2, 0.25) is 5.88 Å². The van der Waals surface area contributed by atoms with Crippen molar-refractivity contribution in [2.75, 3.05) is 7.11 Å². The lowest BCUT2D eigenvalue weighted by Gasteiger charge is -2.11. The van der Waals surface area contributed by atoms with Gasteiger partial charge >= 0.3 is 5.97 Å². The number of aliphatic hydroxyl groups excluding tert-OH is 1. The molecule has 0 aliphatic carbocycles. The van der Waals surface area contributed by atoms with E-state index in [1.54, 1.807) is 18.2 Å². The SMILES string of the molecule is COC(=O)C(O)Cc1cccc(OC(C)C)n1. The highest BCUT2D eigenvalue weighted by Crippen LogP contribution is 2.11. The maximum atomic E-state index is 11.0. The van der Waals surface area contributed by atoms with Crippen molar-refractivity contribution in [2.45, 2.75) is 32.5 Å². The molecule has 17 heavy (non-hydrogen) atoms. The summed E-state index contributed by atoms with van der Waals surface area (Å²) in [6.45, 7) is 3.80. The van der Waals surface area contributed by atoms with Crippen molar-refractivity contribution < 1.29 is 19.4 Å². The minimum Gasteiger partial charge on any atom is -0.475 e. The molecule has 1 atom stereocenters. The van der Waals surface area contributed by atoms with E-state index in [9.17, 15) is 9.90 Å². The number of ether oxygens (including phenoxy) is 2. The molecule has 0 amide bonds. The van der Waals surface area contributed by atoms with Gasteiger partial charge in [-0.25, -0.2) is 9.78 Å². The van der Waals surface area contributed by atoms with Crippen molar-refractivity contribution in [3.05, 3.63) is 23.9 Å². The molecule has 0 aromatic carbocycles. The monoisotopic (exact) mass is 239 g/mol. The summed E-state index contributed by atoms with van der Waals surface area (Å²) in [6.07, 6.45) is -1.05. The van der Waals surface area contributed by atoms with Crippen molar-refractivity contribution in [1.82, 2.24) is 4.98 Å². The minimum absolute atomic E-state index is 0.0308. The van der Waals surface area contributed by atoms with Crippen LogP contribution < -0.4 is 4.74 Å². The number of carbonyl (C=O) groups is 1. The van der Waals surface area contributed by atoms with Gasteiger partial charge in [0.1, 0.15) is 0 Å². The lowest BCUT2D eigenvalue weighted by molar-refractivity contribution is -0.150. The van der Waals surface area contributed by atoms with E-state index in [0.29, 0.717) is 11.6 Å². The molecule has 94 valence electrons. The molecule has 0 bridgehead atoms. The Balaban J connectivity index is 2.68. The maximum absolute atomic E-state index is 11.0. The Labute approximate surface area is 100 Å². The number of hydrogen-bond donors (Lipinski definition) is 1. The van der Waals surface area contributed by atoms with Crippen LogP contribution >= 0.6 is 0 Å². The number of methoxy groups -OCH3 is 1. The van der Waals surface area contributed by atoms with Crippen LogP contribution in [0.1, 0.15) is 19.5 Å². The Morgan fingerprint density at radius 3 is 2.76 bits per heavy atom. The predicted octanol–water partition coefficient (Wildman–Crippen LogP) is 0.945. The van der Waals surface area contributed by atoms with Gasteiger partial charge in [0, 0.05) is 18.2 Å². The summed E-state index contributed by atoms with van der Waals surface area (Å²) in [4.78, 5) is 15.2. The number of aliphatic hydroxyl groups is 1. The van der Waals surface area contributed by atoms with Crippen molar-refractivity contribution in [3.63, 3.8) is 0 Å². The zero-order chi connectivity index (χ0) is 12.8. The molecule has 1 aromatic heterocycles. The second-order valence-electron chi connectivity index (χ2n) is 3.88. The molecule has 0 radical (unpaired) electrons. The van der Waals surface area contributed by atoms with Crippen LogP contribution in [0.3, 0.4) is 0 Å². The second kappa shape index (κ2) is 6.20. The number of rotatable bonds is 5. The fourth-order valence-electron chi connectivity index (χ4n) is 1.30. The highest BCUT2D eigenvalue weighted by atomic mass is 16.5. The zero-order valence-corrected chi connectivity index (χ0v) is 10.2. The molecule has 1 unspecified atom stereocenters. The highest BCUT2D eigenvalue weighted by Gasteiger charge is 2.16. The summed E-state index contributed by atoms with van der Waals surface area (Å²) in [5.41, 5.74) is 0.584. The zero-order valence-electron chi connectivity index (χ0n) is 10.2. The average Bonchev–Trinajstić information content (AvgIpc) is 2.27. The molecule has 5 heteroatoms. The van der Waals surface area contributed by atoms with Crippen LogP contribution in [0.4, 0.5) is 0 Å². The Bertz CT molecular complexity index is 379. The highest BCUT2D eigenvalue weighted by molar-refractivity contribution is 5.74. The topological polar surface area (TPSA) is 68.7 Å². The van der Waals surface area contributed by atoms with Crippen molar-refractivity contribution in [2.24, 2.45) is 0 Å². The first-order chi connectivity index (χ1) is 8.02. The number of pyridine rings is 1. The number of hydrogen-bond acceptors (Lipinski definition) is 5. The standard InChI is InChI=1S/C12H17NO4/c1-8(2)17-11-6-4-5-9(13-11)7-10(14)12(15)16-3/h4-6,8,10,14H,7H2,1-3H3. The van der Waals surface area contributed by atoms with E-state index in [0.717, 1.165) is 0 Å². The van der Waals surface area contributed by atoms with Gasteiger partial charge in [0.05, 0.1) is 13.2 Å². The molecule has 1 heterocycles. The van der Waals surface area contributed by atoms with Crippen LogP contribution in [-0.2, 0) is 16.0 Å². The van der Waals surface area contributed by atoms with Gasteiger partial charge in [-0.2, -0.15) is 0 Å². The van der Waals surface area contributed by atoms with Gasteiger partial charge in [-0.1, -0.05) is 6.07 Å². The van der Waals surface area contributed by atoms with E-state index in [1.807, 2.05) is 13.8 Å². The third-order valence-corrected chi connectivity index (χ3v) is 2.01. The summed E-state index contributed by atoms with van der Waals surface area (Å²) in [5.74, 6) is -0.184. The first-order valence-electron chi connectivity index (χ1n) is 5.41. The Kier molecular flexibility index (Phi) is 4.90. The normalized spacial score (nSPS) is 12.3. The quantitative estimate of drug-likeness (QED) is 0.775. The van der Waals surface area contributed by atoms with Crippen LogP contribution in [-0.4, -0.2) is 35.4 Å². The average molecular weight is 239 g/mol. The lowest BCUT2D eigenvalue weighted by Crippen LogP contribution is -2.24. The molecular formula is C12H17NO4. The van der Waals surface area contributed by atoms with E-state index in [-0.39, 0.29) is 12.5 Å². The molecule has 0 aliphatic heterocycles. The fraction of sp³-hybridized carbons (Fsp3) is 0.500. The minimum atomic E-state index is -1.19. The van der Waals surface area contributed by atoms with E-state index >= 15 is 0 Å². The Morgan fingerprint density at radius 2 is 2.18 bits per heavy atom. The summed E-state index contributed by atoms with van der Waals surface area (Å²) < 4.78 is 9.85. The molecule has 1 aromatic rings. The predicted molar refractivity (Wildman–Crippen MR) is 61.7 cm³/mol. The summed E-state index contributed by atoms with van der Waals surface area (Å²) in [5, 5.41) is 9.49. The summed E-state index contributed by atoms with van der Waals surface area (Å²) >= 11 is 0. The Hall–Kier alpha value is -1.62. The molecule has 0 saturated heterocycles. The van der Waals surface area contributed by atoms with Crippen LogP contribution in [0.15, 0.2) is 18.2 Å². The largest absolute Gasteiger partial charge is 0.475 e. The van der Waals surface area contributed by atoms with E-state index in [2.05, 4.69) is 9.72 Å². The maximum Gasteiger partial charge on any atom is 0.335 e. The van der Waals surface area contributed by atoms with Crippen molar-refractivity contribution >= 4 is 5.97 Å². The van der Waals surface area contributed by atoms with Crippen LogP contribution in [0, 0.1) is 0 Å². The van der Waals surface area contributed by atoms with Crippen molar-refractivity contribution in [1.29, 1.82) is 0 Å². The molecule has 0 aliphatic rings.